The van der Waals surface area contributed by atoms with Crippen LogP contribution in [0.1, 0.15) is 17.5 Å². The first-order chi connectivity index (χ1) is 15.0. The van der Waals surface area contributed by atoms with E-state index in [0.717, 1.165) is 10.8 Å². The first-order valence-electron chi connectivity index (χ1n) is 10.2. The molecule has 0 bridgehead atoms. The Hall–Kier alpha value is -2.77. The number of benzene rings is 3. The lowest BCUT2D eigenvalue weighted by Crippen LogP contribution is -2.56. The molecule has 0 aliphatic heterocycles. The minimum atomic E-state index is -1.42. The highest BCUT2D eigenvalue weighted by Gasteiger charge is 2.43. The van der Waals surface area contributed by atoms with E-state index in [1.54, 1.807) is 30.4 Å². The van der Waals surface area contributed by atoms with Crippen molar-refractivity contribution in [3.8, 4) is 5.75 Å². The maximum absolute atomic E-state index is 14.0. The Morgan fingerprint density at radius 2 is 1.48 bits per heavy atom. The summed E-state index contributed by atoms with van der Waals surface area (Å²) in [4.78, 5) is 0. The lowest BCUT2D eigenvalue weighted by atomic mass is 9.81. The molecule has 0 unspecified atom stereocenters. The number of hydrogen-bond donors (Lipinski definition) is 4. The second-order valence-electron chi connectivity index (χ2n) is 7.90. The predicted molar refractivity (Wildman–Crippen MR) is 117 cm³/mol. The first kappa shape index (κ1) is 21.5. The van der Waals surface area contributed by atoms with E-state index < -0.39 is 30.3 Å². The van der Waals surface area contributed by atoms with Crippen molar-refractivity contribution in [2.24, 2.45) is 5.92 Å². The van der Waals surface area contributed by atoms with Gasteiger partial charge >= 0.3 is 0 Å². The number of aliphatic hydroxyl groups is 4. The quantitative estimate of drug-likeness (QED) is 0.473. The summed E-state index contributed by atoms with van der Waals surface area (Å²) in [6.07, 6.45) is -1.21. The van der Waals surface area contributed by atoms with Crippen LogP contribution in [0.3, 0.4) is 0 Å². The van der Waals surface area contributed by atoms with Crippen LogP contribution in [0.5, 0.6) is 5.75 Å². The van der Waals surface area contributed by atoms with Gasteiger partial charge in [0.25, 0.3) is 0 Å². The topological polar surface area (TPSA) is 90.2 Å². The number of halogens is 1. The molecule has 31 heavy (non-hydrogen) atoms. The van der Waals surface area contributed by atoms with Gasteiger partial charge in [0.1, 0.15) is 29.9 Å². The second-order valence-corrected chi connectivity index (χ2v) is 7.90. The minimum absolute atomic E-state index is 0.180. The van der Waals surface area contributed by atoms with E-state index in [2.05, 4.69) is 0 Å². The third kappa shape index (κ3) is 4.48. The van der Waals surface area contributed by atoms with Crippen molar-refractivity contribution in [3.63, 3.8) is 0 Å². The highest BCUT2D eigenvalue weighted by molar-refractivity contribution is 5.88. The van der Waals surface area contributed by atoms with E-state index >= 15 is 0 Å². The van der Waals surface area contributed by atoms with Crippen molar-refractivity contribution >= 4 is 22.9 Å². The molecule has 0 aromatic heterocycles. The molecule has 3 aromatic rings. The zero-order chi connectivity index (χ0) is 22.0. The van der Waals surface area contributed by atoms with Crippen LogP contribution in [0, 0.1) is 11.7 Å². The van der Waals surface area contributed by atoms with E-state index in [0.29, 0.717) is 16.9 Å². The molecule has 6 heteroatoms. The van der Waals surface area contributed by atoms with Crippen LogP contribution in [0.25, 0.3) is 22.9 Å². The van der Waals surface area contributed by atoms with Crippen molar-refractivity contribution in [2.45, 2.75) is 30.8 Å². The summed E-state index contributed by atoms with van der Waals surface area (Å²) in [5, 5.41) is 42.1. The van der Waals surface area contributed by atoms with Gasteiger partial charge in [-0.25, -0.2) is 4.39 Å². The largest absolute Gasteiger partial charge is 0.487 e. The van der Waals surface area contributed by atoms with Gasteiger partial charge in [0.15, 0.2) is 0 Å². The highest BCUT2D eigenvalue weighted by atomic mass is 19.1. The molecule has 0 saturated heterocycles. The summed E-state index contributed by atoms with van der Waals surface area (Å²) in [5.74, 6) is -0.496. The smallest absolute Gasteiger partial charge is 0.130 e. The summed E-state index contributed by atoms with van der Waals surface area (Å²) in [6, 6.07) is 17.9. The number of rotatable bonds is 5. The maximum atomic E-state index is 14.0. The van der Waals surface area contributed by atoms with Crippen LogP contribution in [-0.2, 0) is 0 Å². The molecule has 1 aliphatic rings. The van der Waals surface area contributed by atoms with Gasteiger partial charge in [-0.2, -0.15) is 0 Å². The fourth-order valence-electron chi connectivity index (χ4n) is 4.00. The molecule has 5 atom stereocenters. The van der Waals surface area contributed by atoms with Crippen molar-refractivity contribution in [3.05, 3.63) is 77.6 Å². The molecule has 162 valence electrons. The summed E-state index contributed by atoms with van der Waals surface area (Å²) in [6.45, 7) is -0.331. The van der Waals surface area contributed by atoms with Crippen LogP contribution < -0.4 is 4.74 Å². The Bertz CT molecular complexity index is 1080. The number of fused-ring (bicyclic) bond motifs is 1. The predicted octanol–water partition coefficient (Wildman–Crippen LogP) is 2.99. The minimum Gasteiger partial charge on any atom is -0.487 e. The molecule has 1 saturated carbocycles. The number of aliphatic hydroxyl groups excluding tert-OH is 4. The van der Waals surface area contributed by atoms with Gasteiger partial charge in [-0.05, 0) is 35.4 Å². The zero-order valence-corrected chi connectivity index (χ0v) is 16.8. The molecule has 4 rings (SSSR count). The van der Waals surface area contributed by atoms with Crippen LogP contribution in [-0.4, -0.2) is 51.4 Å². The molecule has 0 amide bonds. The van der Waals surface area contributed by atoms with E-state index in [-0.39, 0.29) is 18.8 Å². The summed E-state index contributed by atoms with van der Waals surface area (Å²) in [7, 11) is 0. The van der Waals surface area contributed by atoms with Crippen LogP contribution in [0.4, 0.5) is 4.39 Å². The standard InChI is InChI=1S/C25H25FO5/c26-20-8-4-3-5-15(20)9-10-18-11-16-6-1-2-7-17(16)12-21(18)31-22-13-19(14-27)23(28)25(30)24(22)29/h1-12,19,22-25,27-30H,13-14H2/b10-9+/t19-,22-,23-,24+,25+/m1/s1. The molecular weight excluding hydrogens is 399 g/mol. The fraction of sp³-hybridized carbons (Fsp3) is 0.280. The molecule has 4 N–H and O–H groups in total. The Balaban J connectivity index is 1.70. The molecule has 5 nitrogen and oxygen atoms in total. The van der Waals surface area contributed by atoms with Crippen LogP contribution in [0.2, 0.25) is 0 Å². The molecule has 0 spiro atoms. The van der Waals surface area contributed by atoms with Crippen molar-refractivity contribution in [1.82, 2.24) is 0 Å². The van der Waals surface area contributed by atoms with E-state index in [1.807, 2.05) is 36.4 Å². The summed E-state index contributed by atoms with van der Waals surface area (Å²) < 4.78 is 20.1. The SMILES string of the molecule is OC[C@H]1C[C@@H](Oc2cc3ccccc3cc2/C=C/c2ccccc2F)[C@H](O)[C@@H](O)[C@@H]1O. The number of hydrogen-bond acceptors (Lipinski definition) is 5. The average molecular weight is 424 g/mol. The molecule has 1 fully saturated rings. The first-order valence-corrected chi connectivity index (χ1v) is 10.2. The average Bonchev–Trinajstić information content (AvgIpc) is 2.78. The van der Waals surface area contributed by atoms with Gasteiger partial charge < -0.3 is 25.2 Å². The monoisotopic (exact) mass is 424 g/mol. The lowest BCUT2D eigenvalue weighted by molar-refractivity contribution is -0.156. The van der Waals surface area contributed by atoms with Crippen LogP contribution in [0.15, 0.2) is 60.7 Å². The highest BCUT2D eigenvalue weighted by Crippen LogP contribution is 2.33. The van der Waals surface area contributed by atoms with Gasteiger partial charge in [-0.15, -0.1) is 0 Å². The van der Waals surface area contributed by atoms with Gasteiger partial charge in [-0.3, -0.25) is 0 Å². The van der Waals surface area contributed by atoms with Crippen LogP contribution >= 0.6 is 0 Å². The van der Waals surface area contributed by atoms with Crippen molar-refractivity contribution in [1.29, 1.82) is 0 Å². The van der Waals surface area contributed by atoms with Gasteiger partial charge in [0, 0.05) is 23.7 Å². The van der Waals surface area contributed by atoms with E-state index in [9.17, 15) is 24.8 Å². The van der Waals surface area contributed by atoms with Gasteiger partial charge in [0.05, 0.1) is 6.10 Å². The Kier molecular flexibility index (Phi) is 6.34. The van der Waals surface area contributed by atoms with Gasteiger partial charge in [0.2, 0.25) is 0 Å². The zero-order valence-electron chi connectivity index (χ0n) is 16.8. The third-order valence-electron chi connectivity index (χ3n) is 5.84. The molecule has 1 aliphatic carbocycles. The van der Waals surface area contributed by atoms with E-state index in [4.69, 9.17) is 4.74 Å². The maximum Gasteiger partial charge on any atom is 0.130 e. The fourth-order valence-corrected chi connectivity index (χ4v) is 4.00. The van der Waals surface area contributed by atoms with E-state index in [1.165, 1.54) is 6.07 Å². The Morgan fingerprint density at radius 1 is 0.839 bits per heavy atom. The lowest BCUT2D eigenvalue weighted by Gasteiger charge is -2.39. The molecular formula is C25H25FO5. The second kappa shape index (κ2) is 9.16. The van der Waals surface area contributed by atoms with Gasteiger partial charge in [-0.1, -0.05) is 54.6 Å². The molecule has 3 aromatic carbocycles. The number of ether oxygens (including phenoxy) is 1. The van der Waals surface area contributed by atoms with Crippen molar-refractivity contribution < 1.29 is 29.6 Å². The normalized spacial score (nSPS) is 26.4. The summed E-state index contributed by atoms with van der Waals surface area (Å²) >= 11 is 0. The third-order valence-corrected chi connectivity index (χ3v) is 5.84. The Morgan fingerprint density at radius 3 is 2.19 bits per heavy atom. The molecule has 0 radical (unpaired) electrons. The van der Waals surface area contributed by atoms with Crippen molar-refractivity contribution in [2.75, 3.05) is 6.61 Å². The Labute approximate surface area is 179 Å². The summed E-state index contributed by atoms with van der Waals surface area (Å²) in [5.41, 5.74) is 1.11. The molecule has 0 heterocycles.